The van der Waals surface area contributed by atoms with Crippen molar-refractivity contribution in [3.8, 4) is 6.01 Å². The minimum absolute atomic E-state index is 0.398. The van der Waals surface area contributed by atoms with E-state index < -0.39 is 0 Å². The molecule has 0 atom stereocenters. The van der Waals surface area contributed by atoms with Crippen LogP contribution in [0.1, 0.15) is 12.8 Å². The van der Waals surface area contributed by atoms with Gasteiger partial charge in [0.05, 0.1) is 12.6 Å². The van der Waals surface area contributed by atoms with Crippen molar-refractivity contribution in [1.82, 2.24) is 9.97 Å². The summed E-state index contributed by atoms with van der Waals surface area (Å²) in [6.45, 7) is 2.08. The Kier molecular flexibility index (Phi) is 2.66. The molecule has 94 valence electrons. The monoisotopic (exact) mass is 244 g/mol. The van der Waals surface area contributed by atoms with Gasteiger partial charge >= 0.3 is 6.01 Å². The topological polar surface area (TPSA) is 64.3 Å². The number of hydrogen-bond acceptors (Lipinski definition) is 5. The van der Waals surface area contributed by atoms with E-state index in [-0.39, 0.29) is 0 Å². The van der Waals surface area contributed by atoms with Gasteiger partial charge < -0.3 is 15.4 Å². The fourth-order valence-corrected chi connectivity index (χ4v) is 2.37. The van der Waals surface area contributed by atoms with Gasteiger partial charge in [0.25, 0.3) is 0 Å². The van der Waals surface area contributed by atoms with E-state index in [1.54, 1.807) is 7.11 Å². The Hall–Kier alpha value is -2.04. The van der Waals surface area contributed by atoms with Gasteiger partial charge in [-0.25, -0.2) is 0 Å². The molecule has 1 aromatic heterocycles. The van der Waals surface area contributed by atoms with E-state index in [4.69, 9.17) is 10.5 Å². The van der Waals surface area contributed by atoms with Crippen molar-refractivity contribution in [3.63, 3.8) is 0 Å². The van der Waals surface area contributed by atoms with Gasteiger partial charge in [-0.1, -0.05) is 0 Å². The molecular weight excluding hydrogens is 228 g/mol. The molecular formula is C13H16N4O. The standard InChI is InChI=1S/C13H16N4O/c1-18-13-15-11-8-9(14)4-5-10(11)12(16-13)17-6-2-3-7-17/h4-5,8H,2-3,6-7,14H2,1H3. The van der Waals surface area contributed by atoms with Gasteiger partial charge in [0.1, 0.15) is 5.82 Å². The Morgan fingerprint density at radius 1 is 1.22 bits per heavy atom. The molecule has 0 bridgehead atoms. The molecule has 1 fully saturated rings. The molecule has 1 aromatic carbocycles. The molecule has 0 aliphatic carbocycles. The number of fused-ring (bicyclic) bond motifs is 1. The van der Waals surface area contributed by atoms with Gasteiger partial charge in [0, 0.05) is 24.2 Å². The molecule has 0 saturated carbocycles. The highest BCUT2D eigenvalue weighted by Gasteiger charge is 2.18. The smallest absolute Gasteiger partial charge is 0.318 e. The summed E-state index contributed by atoms with van der Waals surface area (Å²) in [4.78, 5) is 11.1. The highest BCUT2D eigenvalue weighted by atomic mass is 16.5. The molecule has 2 N–H and O–H groups in total. The van der Waals surface area contributed by atoms with E-state index in [1.165, 1.54) is 12.8 Å². The van der Waals surface area contributed by atoms with Crippen molar-refractivity contribution in [3.05, 3.63) is 18.2 Å². The average Bonchev–Trinajstić information content (AvgIpc) is 2.90. The van der Waals surface area contributed by atoms with Crippen LogP contribution in [0.15, 0.2) is 18.2 Å². The van der Waals surface area contributed by atoms with Crippen molar-refractivity contribution in [2.24, 2.45) is 0 Å². The summed E-state index contributed by atoms with van der Waals surface area (Å²) >= 11 is 0. The molecule has 0 spiro atoms. The lowest BCUT2D eigenvalue weighted by Gasteiger charge is -2.18. The van der Waals surface area contributed by atoms with Crippen molar-refractivity contribution in [2.75, 3.05) is 30.8 Å². The number of benzene rings is 1. The second-order valence-corrected chi connectivity index (χ2v) is 4.50. The number of nitrogens with two attached hydrogens (primary N) is 1. The first-order chi connectivity index (χ1) is 8.78. The molecule has 5 heteroatoms. The molecule has 1 aliphatic rings. The fraction of sp³-hybridized carbons (Fsp3) is 0.385. The molecule has 0 amide bonds. The van der Waals surface area contributed by atoms with Crippen LogP contribution in [0, 0.1) is 0 Å². The maximum atomic E-state index is 5.80. The summed E-state index contributed by atoms with van der Waals surface area (Å²) in [6, 6.07) is 6.13. The molecule has 0 unspecified atom stereocenters. The fourth-order valence-electron chi connectivity index (χ4n) is 2.37. The second kappa shape index (κ2) is 4.33. The van der Waals surface area contributed by atoms with E-state index in [0.29, 0.717) is 11.7 Å². The summed E-state index contributed by atoms with van der Waals surface area (Å²) < 4.78 is 5.17. The summed E-state index contributed by atoms with van der Waals surface area (Å²) in [5, 5.41) is 1.03. The average molecular weight is 244 g/mol. The summed E-state index contributed by atoms with van der Waals surface area (Å²) in [7, 11) is 1.58. The summed E-state index contributed by atoms with van der Waals surface area (Å²) in [6.07, 6.45) is 2.42. The molecule has 3 rings (SSSR count). The number of rotatable bonds is 2. The molecule has 1 saturated heterocycles. The van der Waals surface area contributed by atoms with Gasteiger partial charge in [-0.15, -0.1) is 0 Å². The van der Waals surface area contributed by atoms with Crippen molar-refractivity contribution < 1.29 is 4.74 Å². The Morgan fingerprint density at radius 2 is 2.00 bits per heavy atom. The number of ether oxygens (including phenoxy) is 1. The SMILES string of the molecule is COc1nc(N2CCCC2)c2ccc(N)cc2n1. The van der Waals surface area contributed by atoms with E-state index >= 15 is 0 Å². The molecule has 18 heavy (non-hydrogen) atoms. The van der Waals surface area contributed by atoms with Gasteiger partial charge in [-0.3, -0.25) is 0 Å². The molecule has 0 radical (unpaired) electrons. The lowest BCUT2D eigenvalue weighted by molar-refractivity contribution is 0.382. The minimum Gasteiger partial charge on any atom is -0.467 e. The lowest BCUT2D eigenvalue weighted by atomic mass is 10.2. The van der Waals surface area contributed by atoms with Crippen LogP contribution in [-0.4, -0.2) is 30.2 Å². The quantitative estimate of drug-likeness (QED) is 0.816. The van der Waals surface area contributed by atoms with Crippen LogP contribution in [0.25, 0.3) is 10.9 Å². The van der Waals surface area contributed by atoms with Crippen LogP contribution in [0.4, 0.5) is 11.5 Å². The van der Waals surface area contributed by atoms with Gasteiger partial charge in [-0.05, 0) is 31.0 Å². The van der Waals surface area contributed by atoms with Gasteiger partial charge in [0.2, 0.25) is 0 Å². The van der Waals surface area contributed by atoms with E-state index in [9.17, 15) is 0 Å². The predicted octanol–water partition coefficient (Wildman–Crippen LogP) is 1.82. The van der Waals surface area contributed by atoms with Crippen LogP contribution in [0.3, 0.4) is 0 Å². The Morgan fingerprint density at radius 3 is 2.72 bits per heavy atom. The van der Waals surface area contributed by atoms with E-state index in [0.717, 1.165) is 29.8 Å². The maximum Gasteiger partial charge on any atom is 0.318 e. The third-order valence-electron chi connectivity index (χ3n) is 3.27. The zero-order valence-electron chi connectivity index (χ0n) is 10.4. The third kappa shape index (κ3) is 1.81. The third-order valence-corrected chi connectivity index (χ3v) is 3.27. The molecule has 5 nitrogen and oxygen atoms in total. The number of methoxy groups -OCH3 is 1. The van der Waals surface area contributed by atoms with Crippen LogP contribution < -0.4 is 15.4 Å². The Labute approximate surface area is 106 Å². The number of anilines is 2. The molecule has 1 aliphatic heterocycles. The van der Waals surface area contributed by atoms with Crippen LogP contribution in [0.5, 0.6) is 6.01 Å². The van der Waals surface area contributed by atoms with Gasteiger partial charge in [0.15, 0.2) is 0 Å². The highest BCUT2D eigenvalue weighted by Crippen LogP contribution is 2.29. The Bertz CT molecular complexity index is 578. The van der Waals surface area contributed by atoms with Crippen LogP contribution >= 0.6 is 0 Å². The first kappa shape index (κ1) is 11.1. The number of hydrogen-bond donors (Lipinski definition) is 1. The maximum absolute atomic E-state index is 5.80. The van der Waals surface area contributed by atoms with Crippen molar-refractivity contribution >= 4 is 22.4 Å². The van der Waals surface area contributed by atoms with Gasteiger partial charge in [-0.2, -0.15) is 9.97 Å². The lowest BCUT2D eigenvalue weighted by Crippen LogP contribution is -2.19. The largest absolute Gasteiger partial charge is 0.467 e. The van der Waals surface area contributed by atoms with E-state index in [1.807, 2.05) is 18.2 Å². The number of aromatic nitrogens is 2. The number of nitrogens with zero attached hydrogens (tertiary/aromatic N) is 3. The second-order valence-electron chi connectivity index (χ2n) is 4.50. The Balaban J connectivity index is 2.20. The van der Waals surface area contributed by atoms with Crippen molar-refractivity contribution in [2.45, 2.75) is 12.8 Å². The summed E-state index contributed by atoms with van der Waals surface area (Å²) in [5.41, 5.74) is 7.35. The van der Waals surface area contributed by atoms with Crippen LogP contribution in [0.2, 0.25) is 0 Å². The van der Waals surface area contributed by atoms with Crippen LogP contribution in [-0.2, 0) is 0 Å². The zero-order valence-corrected chi connectivity index (χ0v) is 10.4. The first-order valence-corrected chi connectivity index (χ1v) is 6.14. The number of nitrogen functional groups attached to an aromatic ring is 1. The first-order valence-electron chi connectivity index (χ1n) is 6.14. The minimum atomic E-state index is 0.398. The molecule has 2 heterocycles. The highest BCUT2D eigenvalue weighted by molar-refractivity contribution is 5.91. The van der Waals surface area contributed by atoms with E-state index in [2.05, 4.69) is 14.9 Å². The molecule has 2 aromatic rings. The predicted molar refractivity (Wildman–Crippen MR) is 71.9 cm³/mol. The normalized spacial score (nSPS) is 15.3. The summed E-state index contributed by atoms with van der Waals surface area (Å²) in [5.74, 6) is 0.953. The van der Waals surface area contributed by atoms with Crippen molar-refractivity contribution in [1.29, 1.82) is 0 Å². The zero-order chi connectivity index (χ0) is 12.5.